The van der Waals surface area contributed by atoms with Crippen LogP contribution >= 0.6 is 0 Å². The second kappa shape index (κ2) is 38.0. The predicted molar refractivity (Wildman–Crippen MR) is 205 cm³/mol. The number of nitrogens with one attached hydrogen (secondary N) is 4. The Hall–Kier alpha value is -3.87. The summed E-state index contributed by atoms with van der Waals surface area (Å²) in [6.45, 7) is 1.23. The molecule has 0 saturated carbocycles. The Balaban J connectivity index is 3.65. The molecule has 0 unspecified atom stereocenters. The summed E-state index contributed by atoms with van der Waals surface area (Å²) < 4.78 is 21.0. The normalized spacial score (nSPS) is 11.4. The molecule has 0 spiro atoms. The highest BCUT2D eigenvalue weighted by molar-refractivity contribution is 5.84. The first-order valence-corrected chi connectivity index (χ1v) is 20.1. The molecule has 0 fully saturated rings. The maximum Gasteiger partial charge on any atom is 0.326 e. The van der Waals surface area contributed by atoms with Gasteiger partial charge in [0.1, 0.15) is 19.3 Å². The van der Waals surface area contributed by atoms with E-state index in [1.165, 1.54) is 38.5 Å². The van der Waals surface area contributed by atoms with Gasteiger partial charge in [0.2, 0.25) is 23.6 Å². The Morgan fingerprint density at radius 1 is 0.393 bits per heavy atom. The van der Waals surface area contributed by atoms with Gasteiger partial charge in [0, 0.05) is 38.9 Å². The lowest BCUT2D eigenvalue weighted by molar-refractivity contribution is -0.142. The van der Waals surface area contributed by atoms with E-state index >= 15 is 0 Å². The van der Waals surface area contributed by atoms with Crippen molar-refractivity contribution in [3.63, 3.8) is 0 Å². The molecule has 324 valence electrons. The van der Waals surface area contributed by atoms with Gasteiger partial charge in [-0.2, -0.15) is 0 Å². The molecule has 0 aliphatic rings. The van der Waals surface area contributed by atoms with E-state index in [0.29, 0.717) is 6.42 Å². The quantitative estimate of drug-likeness (QED) is 0.0438. The van der Waals surface area contributed by atoms with E-state index < -0.39 is 29.9 Å². The van der Waals surface area contributed by atoms with Crippen LogP contribution in [0.2, 0.25) is 0 Å². The number of unbranched alkanes of at least 4 members (excludes halogenated alkanes) is 13. The molecule has 0 saturated heterocycles. The molecule has 0 heterocycles. The smallest absolute Gasteiger partial charge is 0.326 e. The summed E-state index contributed by atoms with van der Waals surface area (Å²) in [5.41, 5.74) is 0. The molecule has 0 bridgehead atoms. The van der Waals surface area contributed by atoms with E-state index in [1.54, 1.807) is 0 Å². The van der Waals surface area contributed by atoms with Crippen molar-refractivity contribution in [3.8, 4) is 0 Å². The largest absolute Gasteiger partial charge is 0.481 e. The van der Waals surface area contributed by atoms with Gasteiger partial charge < -0.3 is 55.5 Å². The lowest BCUT2D eigenvalue weighted by atomic mass is 10.0. The molecule has 18 nitrogen and oxygen atoms in total. The van der Waals surface area contributed by atoms with Crippen LogP contribution in [0.15, 0.2) is 0 Å². The highest BCUT2D eigenvalue weighted by Crippen LogP contribution is 2.14. The number of carboxylic acid groups (broad SMARTS) is 3. The zero-order valence-electron chi connectivity index (χ0n) is 33.1. The molecule has 0 radical (unpaired) electrons. The van der Waals surface area contributed by atoms with Gasteiger partial charge in [-0.25, -0.2) is 4.79 Å². The fourth-order valence-electron chi connectivity index (χ4n) is 5.28. The molecule has 0 rings (SSSR count). The molecule has 0 aromatic heterocycles. The molecule has 56 heavy (non-hydrogen) atoms. The van der Waals surface area contributed by atoms with Crippen molar-refractivity contribution in [2.24, 2.45) is 0 Å². The summed E-state index contributed by atoms with van der Waals surface area (Å²) >= 11 is 0. The van der Waals surface area contributed by atoms with E-state index in [1.807, 2.05) is 0 Å². The Labute approximate surface area is 330 Å². The van der Waals surface area contributed by atoms with Crippen LogP contribution < -0.4 is 21.3 Å². The van der Waals surface area contributed by atoms with Gasteiger partial charge >= 0.3 is 17.9 Å². The van der Waals surface area contributed by atoms with Crippen molar-refractivity contribution in [3.05, 3.63) is 0 Å². The highest BCUT2D eigenvalue weighted by atomic mass is 16.5. The number of hydrogen-bond donors (Lipinski definition) is 7. The summed E-state index contributed by atoms with van der Waals surface area (Å²) in [5, 5.41) is 36.8. The minimum atomic E-state index is -1.19. The molecule has 1 atom stereocenters. The number of carboxylic acids is 3. The topological polar surface area (TPSA) is 265 Å². The summed E-state index contributed by atoms with van der Waals surface area (Å²) in [6, 6.07) is -1.14. The molecule has 0 aromatic carbocycles. The Kier molecular flexibility index (Phi) is 35.4. The van der Waals surface area contributed by atoms with E-state index in [2.05, 4.69) is 21.3 Å². The van der Waals surface area contributed by atoms with E-state index in [-0.39, 0.29) is 122 Å². The van der Waals surface area contributed by atoms with E-state index in [0.717, 1.165) is 44.9 Å². The van der Waals surface area contributed by atoms with Crippen LogP contribution in [0.4, 0.5) is 0 Å². The van der Waals surface area contributed by atoms with Crippen molar-refractivity contribution in [2.75, 3.05) is 72.5 Å². The minimum Gasteiger partial charge on any atom is -0.481 e. The zero-order chi connectivity index (χ0) is 41.5. The fraction of sp³-hybridized carbons (Fsp3) is 0.816. The summed E-state index contributed by atoms with van der Waals surface area (Å²) in [5.74, 6) is -4.37. The van der Waals surface area contributed by atoms with Crippen molar-refractivity contribution >= 4 is 41.5 Å². The minimum absolute atomic E-state index is 0.0302. The van der Waals surface area contributed by atoms with Gasteiger partial charge in [-0.15, -0.1) is 0 Å². The molecular weight excluding hydrogens is 736 g/mol. The lowest BCUT2D eigenvalue weighted by Crippen LogP contribution is -2.41. The molecular formula is C38H68N4O14. The highest BCUT2D eigenvalue weighted by Gasteiger charge is 2.20. The summed E-state index contributed by atoms with van der Waals surface area (Å²) in [4.78, 5) is 80.2. The molecule has 0 aromatic rings. The van der Waals surface area contributed by atoms with Crippen molar-refractivity contribution in [2.45, 2.75) is 128 Å². The van der Waals surface area contributed by atoms with Crippen LogP contribution in [0.1, 0.15) is 122 Å². The number of carbonyl (C=O) groups excluding carboxylic acids is 4. The van der Waals surface area contributed by atoms with Gasteiger partial charge in [0.25, 0.3) is 0 Å². The van der Waals surface area contributed by atoms with E-state index in [4.69, 9.17) is 29.2 Å². The number of amides is 4. The molecule has 4 amide bonds. The summed E-state index contributed by atoms with van der Waals surface area (Å²) in [7, 11) is 0. The van der Waals surface area contributed by atoms with Gasteiger partial charge in [0.05, 0.1) is 46.1 Å². The van der Waals surface area contributed by atoms with Gasteiger partial charge in [-0.1, -0.05) is 77.0 Å². The second-order valence-electron chi connectivity index (χ2n) is 13.4. The third-order valence-corrected chi connectivity index (χ3v) is 8.35. The van der Waals surface area contributed by atoms with Crippen LogP contribution in [0, 0.1) is 0 Å². The maximum atomic E-state index is 12.3. The predicted octanol–water partition coefficient (Wildman–Crippen LogP) is 2.55. The Morgan fingerprint density at radius 2 is 0.786 bits per heavy atom. The third-order valence-electron chi connectivity index (χ3n) is 8.35. The molecule has 0 aliphatic heterocycles. The standard InChI is InChI=1S/C38H68N4O14/c43-32(40-21-23-53-25-28-56-30-35(46)41-22-24-54-26-27-55-29-34(45)39-20-19-37(49)50)18-17-31(38(51)52)42-33(44)15-13-11-9-7-5-3-1-2-4-6-8-10-12-14-16-36(47)48/h31H,1-30H2,(H,39,45)(H,40,43)(H,41,46)(H,42,44)(H,47,48)(H,49,50)(H,51,52)/t31-/m0/s1. The first-order valence-electron chi connectivity index (χ1n) is 20.1. The number of hydrogen-bond acceptors (Lipinski definition) is 11. The molecule has 7 N–H and O–H groups in total. The third kappa shape index (κ3) is 38.4. The zero-order valence-corrected chi connectivity index (χ0v) is 33.1. The first-order chi connectivity index (χ1) is 27.0. The van der Waals surface area contributed by atoms with E-state index in [9.17, 15) is 38.7 Å². The average Bonchev–Trinajstić information content (AvgIpc) is 3.14. The molecule has 18 heteroatoms. The second-order valence-corrected chi connectivity index (χ2v) is 13.4. The average molecular weight is 805 g/mol. The fourth-order valence-corrected chi connectivity index (χ4v) is 5.28. The molecule has 0 aliphatic carbocycles. The Bertz CT molecular complexity index is 1090. The van der Waals surface area contributed by atoms with Crippen molar-refractivity contribution in [1.82, 2.24) is 21.3 Å². The monoisotopic (exact) mass is 804 g/mol. The number of carbonyl (C=O) groups is 7. The van der Waals surface area contributed by atoms with Crippen LogP contribution in [0.25, 0.3) is 0 Å². The van der Waals surface area contributed by atoms with Gasteiger partial charge in [-0.05, 0) is 19.3 Å². The van der Waals surface area contributed by atoms with Crippen molar-refractivity contribution < 1.29 is 67.8 Å². The van der Waals surface area contributed by atoms with Gasteiger partial charge in [-0.3, -0.25) is 28.8 Å². The Morgan fingerprint density at radius 3 is 1.23 bits per heavy atom. The maximum absolute atomic E-state index is 12.3. The van der Waals surface area contributed by atoms with Crippen molar-refractivity contribution in [1.29, 1.82) is 0 Å². The summed E-state index contributed by atoms with van der Waals surface area (Å²) in [6.07, 6.45) is 15.3. The van der Waals surface area contributed by atoms with Crippen LogP contribution in [-0.2, 0) is 52.5 Å². The number of ether oxygens (including phenoxy) is 4. The first kappa shape index (κ1) is 52.1. The number of rotatable bonds is 41. The van der Waals surface area contributed by atoms with Crippen LogP contribution in [-0.4, -0.2) is 135 Å². The lowest BCUT2D eigenvalue weighted by Gasteiger charge is -2.14. The number of aliphatic carboxylic acids is 3. The van der Waals surface area contributed by atoms with Gasteiger partial charge in [0.15, 0.2) is 0 Å². The van der Waals surface area contributed by atoms with Crippen LogP contribution in [0.5, 0.6) is 0 Å². The SMILES string of the molecule is O=C(O)CCCCCCCCCCCCCCCCC(=O)N[C@@H](CCC(=O)NCCOCCOCC(=O)NCCOCCOCC(=O)NCCC(=O)O)C(=O)O. The van der Waals surface area contributed by atoms with Crippen LogP contribution in [0.3, 0.4) is 0 Å².